The second kappa shape index (κ2) is 7.40. The molecule has 1 aromatic rings. The zero-order chi connectivity index (χ0) is 18.0. The van der Waals surface area contributed by atoms with Crippen LogP contribution in [0.15, 0.2) is 40.6 Å². The van der Waals surface area contributed by atoms with Gasteiger partial charge in [-0.05, 0) is 37.8 Å². The Morgan fingerprint density at radius 2 is 2.08 bits per heavy atom. The highest BCUT2D eigenvalue weighted by Gasteiger charge is 2.24. The van der Waals surface area contributed by atoms with Crippen LogP contribution in [0.4, 0.5) is 0 Å². The van der Waals surface area contributed by atoms with E-state index in [4.69, 9.17) is 4.99 Å². The van der Waals surface area contributed by atoms with Gasteiger partial charge in [0.2, 0.25) is 0 Å². The summed E-state index contributed by atoms with van der Waals surface area (Å²) in [4.78, 5) is 7.23. The standard InChI is InChI=1S/C20H29N5/c1-13(2)11-25-9-7-17-18(12-25)23-24-19(17)20-21-8-6-14(3)15(4)10-16(5)22-20/h6,10,13H,5,7-9,11-12H2,1-4H3,(H,21,22)(H,23,24)/b14-6-,15-10-. The van der Waals surface area contributed by atoms with E-state index in [2.05, 4.69) is 66.8 Å². The maximum Gasteiger partial charge on any atom is 0.154 e. The average molecular weight is 339 g/mol. The molecule has 25 heavy (non-hydrogen) atoms. The minimum atomic E-state index is 0.647. The maximum absolute atomic E-state index is 4.74. The van der Waals surface area contributed by atoms with E-state index < -0.39 is 0 Å². The predicted octanol–water partition coefficient (Wildman–Crippen LogP) is 3.18. The summed E-state index contributed by atoms with van der Waals surface area (Å²) in [6.45, 7) is 16.6. The zero-order valence-electron chi connectivity index (χ0n) is 15.8. The monoisotopic (exact) mass is 339 g/mol. The normalized spacial score (nSPS) is 23.4. The van der Waals surface area contributed by atoms with Gasteiger partial charge < -0.3 is 5.32 Å². The van der Waals surface area contributed by atoms with Crippen molar-refractivity contribution in [3.05, 3.63) is 52.5 Å². The fourth-order valence-corrected chi connectivity index (χ4v) is 3.41. The average Bonchev–Trinajstić information content (AvgIpc) is 2.96. The molecule has 0 saturated carbocycles. The van der Waals surface area contributed by atoms with Crippen LogP contribution in [0.3, 0.4) is 0 Å². The number of rotatable bonds is 3. The van der Waals surface area contributed by atoms with E-state index in [0.717, 1.165) is 43.3 Å². The summed E-state index contributed by atoms with van der Waals surface area (Å²) >= 11 is 0. The van der Waals surface area contributed by atoms with Crippen molar-refractivity contribution in [2.45, 2.75) is 40.7 Å². The Balaban J connectivity index is 1.85. The molecule has 0 unspecified atom stereocenters. The van der Waals surface area contributed by atoms with Crippen LogP contribution in [0.5, 0.6) is 0 Å². The van der Waals surface area contributed by atoms with Crippen LogP contribution in [0, 0.1) is 5.92 Å². The summed E-state index contributed by atoms with van der Waals surface area (Å²) in [5.74, 6) is 1.49. The number of hydrogen-bond acceptors (Lipinski definition) is 4. The lowest BCUT2D eigenvalue weighted by molar-refractivity contribution is 0.224. The number of aliphatic imine (C=N–C) groups is 1. The lowest BCUT2D eigenvalue weighted by Crippen LogP contribution is -2.34. The van der Waals surface area contributed by atoms with Gasteiger partial charge in [0, 0.05) is 30.9 Å². The number of H-pyrrole nitrogens is 1. The van der Waals surface area contributed by atoms with E-state index >= 15 is 0 Å². The van der Waals surface area contributed by atoms with Crippen molar-refractivity contribution in [2.24, 2.45) is 10.9 Å². The van der Waals surface area contributed by atoms with Gasteiger partial charge in [0.05, 0.1) is 12.2 Å². The van der Waals surface area contributed by atoms with Crippen molar-refractivity contribution in [1.82, 2.24) is 20.4 Å². The van der Waals surface area contributed by atoms with Crippen molar-refractivity contribution >= 4 is 5.84 Å². The second-order valence-electron chi connectivity index (χ2n) is 7.46. The molecule has 0 aromatic carbocycles. The molecule has 2 aliphatic rings. The number of amidine groups is 1. The van der Waals surface area contributed by atoms with E-state index in [1.54, 1.807) is 0 Å². The summed E-state index contributed by atoms with van der Waals surface area (Å²) < 4.78 is 0. The summed E-state index contributed by atoms with van der Waals surface area (Å²) in [5.41, 5.74) is 6.75. The van der Waals surface area contributed by atoms with Crippen LogP contribution in [0.2, 0.25) is 0 Å². The topological polar surface area (TPSA) is 56.3 Å². The molecule has 0 fully saturated rings. The Hall–Kier alpha value is -2.14. The summed E-state index contributed by atoms with van der Waals surface area (Å²) in [7, 11) is 0. The van der Waals surface area contributed by atoms with Crippen LogP contribution < -0.4 is 5.32 Å². The third kappa shape index (κ3) is 4.10. The third-order valence-electron chi connectivity index (χ3n) is 4.80. The molecule has 0 amide bonds. The van der Waals surface area contributed by atoms with Gasteiger partial charge in [-0.2, -0.15) is 5.10 Å². The predicted molar refractivity (Wildman–Crippen MR) is 104 cm³/mol. The minimum absolute atomic E-state index is 0.647. The van der Waals surface area contributed by atoms with E-state index in [0.29, 0.717) is 12.5 Å². The molecule has 2 aliphatic heterocycles. The second-order valence-corrected chi connectivity index (χ2v) is 7.46. The number of nitrogens with zero attached hydrogens (tertiary/aromatic N) is 3. The highest BCUT2D eigenvalue weighted by atomic mass is 15.2. The first kappa shape index (κ1) is 17.7. The van der Waals surface area contributed by atoms with Gasteiger partial charge in [-0.3, -0.25) is 15.0 Å². The zero-order valence-corrected chi connectivity index (χ0v) is 15.8. The molecule has 2 N–H and O–H groups in total. The highest BCUT2D eigenvalue weighted by molar-refractivity contribution is 6.00. The van der Waals surface area contributed by atoms with Crippen molar-refractivity contribution in [3.63, 3.8) is 0 Å². The first-order chi connectivity index (χ1) is 11.9. The Morgan fingerprint density at radius 3 is 2.84 bits per heavy atom. The van der Waals surface area contributed by atoms with Crippen molar-refractivity contribution in [1.29, 1.82) is 0 Å². The van der Waals surface area contributed by atoms with Gasteiger partial charge in [-0.25, -0.2) is 0 Å². The SMILES string of the molecule is C=C1/C=C(C)\C(C)=C/CN=C(c2n[nH]c3c2CCN(CC(C)C)C3)N1. The summed E-state index contributed by atoms with van der Waals surface area (Å²) in [6, 6.07) is 0. The number of allylic oxidation sites excluding steroid dienone is 3. The molecule has 5 heteroatoms. The molecular formula is C20H29N5. The lowest BCUT2D eigenvalue weighted by Gasteiger charge is -2.28. The van der Waals surface area contributed by atoms with Gasteiger partial charge in [0.1, 0.15) is 5.69 Å². The quantitative estimate of drug-likeness (QED) is 0.889. The van der Waals surface area contributed by atoms with Gasteiger partial charge >= 0.3 is 0 Å². The molecule has 0 aliphatic carbocycles. The van der Waals surface area contributed by atoms with E-state index in [-0.39, 0.29) is 0 Å². The van der Waals surface area contributed by atoms with Crippen molar-refractivity contribution in [3.8, 4) is 0 Å². The molecule has 134 valence electrons. The van der Waals surface area contributed by atoms with Gasteiger partial charge in [-0.1, -0.05) is 32.1 Å². The Morgan fingerprint density at radius 1 is 1.28 bits per heavy atom. The van der Waals surface area contributed by atoms with Gasteiger partial charge in [-0.15, -0.1) is 0 Å². The van der Waals surface area contributed by atoms with Crippen LogP contribution >= 0.6 is 0 Å². The molecule has 0 bridgehead atoms. The molecule has 1 aromatic heterocycles. The number of aromatic amines is 1. The number of aromatic nitrogens is 2. The smallest absolute Gasteiger partial charge is 0.154 e. The fourth-order valence-electron chi connectivity index (χ4n) is 3.41. The van der Waals surface area contributed by atoms with Crippen molar-refractivity contribution < 1.29 is 0 Å². The summed E-state index contributed by atoms with van der Waals surface area (Å²) in [5, 5.41) is 11.2. The Kier molecular flexibility index (Phi) is 5.23. The molecule has 0 saturated heterocycles. The number of hydrogen-bond donors (Lipinski definition) is 2. The molecule has 3 rings (SSSR count). The maximum atomic E-state index is 4.74. The number of nitrogens with one attached hydrogen (secondary N) is 2. The highest BCUT2D eigenvalue weighted by Crippen LogP contribution is 2.22. The molecule has 0 atom stereocenters. The fraction of sp³-hybridized carbons (Fsp3) is 0.500. The van der Waals surface area contributed by atoms with E-state index in [1.165, 1.54) is 22.4 Å². The third-order valence-corrected chi connectivity index (χ3v) is 4.80. The van der Waals surface area contributed by atoms with Crippen molar-refractivity contribution in [2.75, 3.05) is 19.6 Å². The molecule has 0 spiro atoms. The molecule has 3 heterocycles. The van der Waals surface area contributed by atoms with E-state index in [1.807, 2.05) is 0 Å². The van der Waals surface area contributed by atoms with Crippen LogP contribution in [0.1, 0.15) is 44.6 Å². The minimum Gasteiger partial charge on any atom is -0.339 e. The molecule has 0 radical (unpaired) electrons. The van der Waals surface area contributed by atoms with Gasteiger partial charge in [0.15, 0.2) is 5.84 Å². The Bertz CT molecular complexity index is 748. The summed E-state index contributed by atoms with van der Waals surface area (Å²) in [6.07, 6.45) is 5.22. The first-order valence-corrected chi connectivity index (χ1v) is 9.08. The van der Waals surface area contributed by atoms with E-state index in [9.17, 15) is 0 Å². The van der Waals surface area contributed by atoms with Gasteiger partial charge in [0.25, 0.3) is 0 Å². The molecular weight excluding hydrogens is 310 g/mol. The van der Waals surface area contributed by atoms with Crippen LogP contribution in [-0.2, 0) is 13.0 Å². The van der Waals surface area contributed by atoms with Crippen LogP contribution in [0.25, 0.3) is 0 Å². The molecule has 5 nitrogen and oxygen atoms in total. The number of fused-ring (bicyclic) bond motifs is 1. The lowest BCUT2D eigenvalue weighted by atomic mass is 10.0. The largest absolute Gasteiger partial charge is 0.339 e. The van der Waals surface area contributed by atoms with Crippen LogP contribution in [-0.4, -0.2) is 40.6 Å². The Labute approximate surface area is 150 Å². The first-order valence-electron chi connectivity index (χ1n) is 9.08.